The maximum absolute atomic E-state index is 12.0. The first-order valence-corrected chi connectivity index (χ1v) is 7.64. The summed E-state index contributed by atoms with van der Waals surface area (Å²) in [5.41, 5.74) is 8.05. The lowest BCUT2D eigenvalue weighted by Crippen LogP contribution is -2.36. The molecule has 6 heteroatoms. The van der Waals surface area contributed by atoms with Crippen LogP contribution in [0.1, 0.15) is 24.0 Å². The molecule has 0 aromatic heterocycles. The van der Waals surface area contributed by atoms with Crippen LogP contribution in [0.25, 0.3) is 0 Å². The van der Waals surface area contributed by atoms with Crippen molar-refractivity contribution in [2.75, 3.05) is 19.7 Å². The van der Waals surface area contributed by atoms with Crippen molar-refractivity contribution in [1.29, 1.82) is 0 Å². The number of rotatable bonds is 5. The van der Waals surface area contributed by atoms with Crippen molar-refractivity contribution in [3.63, 3.8) is 0 Å². The standard InChI is InChI=1S/C16H22N2O3.ClH/c17-10-13-2-4-15(21-13)16(19)18-7-5-11-1-3-14-12(9-11)6-8-20-14;/h1,3,9,13,15H,2,4-8,10,17H2,(H,18,19);1H/t13-,15+;/m1./s1. The molecule has 22 heavy (non-hydrogen) atoms. The molecule has 0 aliphatic carbocycles. The number of ether oxygens (including phenoxy) is 2. The Morgan fingerprint density at radius 1 is 1.36 bits per heavy atom. The van der Waals surface area contributed by atoms with E-state index in [2.05, 4.69) is 17.4 Å². The summed E-state index contributed by atoms with van der Waals surface area (Å²) in [5.74, 6) is 0.977. The number of nitrogens with one attached hydrogen (secondary N) is 1. The van der Waals surface area contributed by atoms with Crippen LogP contribution < -0.4 is 15.8 Å². The SMILES string of the molecule is Cl.NC[C@H]1CC[C@@H](C(=O)NCCc2ccc3c(c2)CCO3)O1. The van der Waals surface area contributed by atoms with Crippen molar-refractivity contribution in [3.8, 4) is 5.75 Å². The third-order valence-corrected chi connectivity index (χ3v) is 4.13. The van der Waals surface area contributed by atoms with Crippen molar-refractivity contribution in [2.24, 2.45) is 5.73 Å². The molecule has 0 saturated carbocycles. The molecular weight excluding hydrogens is 304 g/mol. The van der Waals surface area contributed by atoms with E-state index < -0.39 is 0 Å². The number of carbonyl (C=O) groups is 1. The second kappa shape index (κ2) is 7.81. The molecule has 1 saturated heterocycles. The summed E-state index contributed by atoms with van der Waals surface area (Å²) in [6.07, 6.45) is 3.16. The van der Waals surface area contributed by atoms with Crippen LogP contribution in [-0.4, -0.2) is 37.8 Å². The highest BCUT2D eigenvalue weighted by Crippen LogP contribution is 2.26. The van der Waals surface area contributed by atoms with E-state index in [4.69, 9.17) is 15.2 Å². The summed E-state index contributed by atoms with van der Waals surface area (Å²) in [6.45, 7) is 1.89. The lowest BCUT2D eigenvalue weighted by Gasteiger charge is -2.12. The normalized spacial score (nSPS) is 22.6. The Labute approximate surface area is 137 Å². The van der Waals surface area contributed by atoms with Gasteiger partial charge in [0.25, 0.3) is 0 Å². The van der Waals surface area contributed by atoms with Crippen LogP contribution in [-0.2, 0) is 22.4 Å². The van der Waals surface area contributed by atoms with Gasteiger partial charge in [0, 0.05) is 19.5 Å². The summed E-state index contributed by atoms with van der Waals surface area (Å²) in [4.78, 5) is 12.0. The lowest BCUT2D eigenvalue weighted by atomic mass is 10.1. The predicted octanol–water partition coefficient (Wildman–Crippen LogP) is 1.21. The highest BCUT2D eigenvalue weighted by Gasteiger charge is 2.29. The van der Waals surface area contributed by atoms with Crippen molar-refractivity contribution in [1.82, 2.24) is 5.32 Å². The molecular formula is C16H23ClN2O3. The van der Waals surface area contributed by atoms with Gasteiger partial charge in [-0.2, -0.15) is 0 Å². The number of amides is 1. The zero-order valence-electron chi connectivity index (χ0n) is 12.5. The number of fused-ring (bicyclic) bond motifs is 1. The zero-order valence-corrected chi connectivity index (χ0v) is 13.4. The van der Waals surface area contributed by atoms with Gasteiger partial charge in [0.15, 0.2) is 0 Å². The van der Waals surface area contributed by atoms with Crippen LogP contribution in [0, 0.1) is 0 Å². The molecule has 0 spiro atoms. The average molecular weight is 327 g/mol. The van der Waals surface area contributed by atoms with E-state index in [9.17, 15) is 4.79 Å². The molecule has 2 aliphatic rings. The molecule has 1 aromatic carbocycles. The first-order valence-electron chi connectivity index (χ1n) is 7.64. The Morgan fingerprint density at radius 2 is 2.23 bits per heavy atom. The second-order valence-electron chi connectivity index (χ2n) is 5.64. The molecule has 2 aliphatic heterocycles. The minimum Gasteiger partial charge on any atom is -0.493 e. The summed E-state index contributed by atoms with van der Waals surface area (Å²) < 4.78 is 11.1. The topological polar surface area (TPSA) is 73.6 Å². The Hall–Kier alpha value is -1.30. The van der Waals surface area contributed by atoms with Crippen LogP contribution in [0.3, 0.4) is 0 Å². The molecule has 0 radical (unpaired) electrons. The summed E-state index contributed by atoms with van der Waals surface area (Å²) in [5, 5.41) is 2.95. The van der Waals surface area contributed by atoms with Crippen LogP contribution in [0.2, 0.25) is 0 Å². The van der Waals surface area contributed by atoms with E-state index in [0.717, 1.165) is 38.0 Å². The number of benzene rings is 1. The molecule has 122 valence electrons. The van der Waals surface area contributed by atoms with Gasteiger partial charge in [0.1, 0.15) is 11.9 Å². The van der Waals surface area contributed by atoms with E-state index in [1.165, 1.54) is 11.1 Å². The molecule has 5 nitrogen and oxygen atoms in total. The summed E-state index contributed by atoms with van der Waals surface area (Å²) in [6, 6.07) is 6.25. The van der Waals surface area contributed by atoms with Crippen molar-refractivity contribution >= 4 is 18.3 Å². The van der Waals surface area contributed by atoms with Crippen LogP contribution >= 0.6 is 12.4 Å². The number of carbonyl (C=O) groups excluding carboxylic acids is 1. The summed E-state index contributed by atoms with van der Waals surface area (Å²) in [7, 11) is 0. The first-order chi connectivity index (χ1) is 10.3. The molecule has 3 rings (SSSR count). The Bertz CT molecular complexity index is 524. The van der Waals surface area contributed by atoms with Gasteiger partial charge in [-0.1, -0.05) is 12.1 Å². The maximum Gasteiger partial charge on any atom is 0.249 e. The van der Waals surface area contributed by atoms with Gasteiger partial charge in [-0.15, -0.1) is 12.4 Å². The van der Waals surface area contributed by atoms with Crippen LogP contribution in [0.4, 0.5) is 0 Å². The largest absolute Gasteiger partial charge is 0.493 e. The third-order valence-electron chi connectivity index (χ3n) is 4.13. The van der Waals surface area contributed by atoms with Gasteiger partial charge >= 0.3 is 0 Å². The maximum atomic E-state index is 12.0. The number of nitrogens with two attached hydrogens (primary N) is 1. The fraction of sp³-hybridized carbons (Fsp3) is 0.562. The van der Waals surface area contributed by atoms with Gasteiger partial charge in [-0.3, -0.25) is 4.79 Å². The van der Waals surface area contributed by atoms with Crippen LogP contribution in [0.15, 0.2) is 18.2 Å². The van der Waals surface area contributed by atoms with Gasteiger partial charge in [0.2, 0.25) is 5.91 Å². The lowest BCUT2D eigenvalue weighted by molar-refractivity contribution is -0.131. The zero-order chi connectivity index (χ0) is 14.7. The molecule has 3 N–H and O–H groups in total. The molecule has 2 atom stereocenters. The van der Waals surface area contributed by atoms with Gasteiger partial charge < -0.3 is 20.5 Å². The van der Waals surface area contributed by atoms with Crippen LogP contribution in [0.5, 0.6) is 5.75 Å². The van der Waals surface area contributed by atoms with Gasteiger partial charge in [0.05, 0.1) is 12.7 Å². The minimum absolute atomic E-state index is 0. The second-order valence-corrected chi connectivity index (χ2v) is 5.64. The number of halogens is 1. The smallest absolute Gasteiger partial charge is 0.249 e. The number of hydrogen-bond acceptors (Lipinski definition) is 4. The molecule has 0 unspecified atom stereocenters. The Balaban J connectivity index is 0.00000176. The van der Waals surface area contributed by atoms with Crippen molar-refractivity contribution < 1.29 is 14.3 Å². The molecule has 1 amide bonds. The number of hydrogen-bond donors (Lipinski definition) is 2. The van der Waals surface area contributed by atoms with Gasteiger partial charge in [-0.25, -0.2) is 0 Å². The molecule has 1 fully saturated rings. The summed E-state index contributed by atoms with van der Waals surface area (Å²) >= 11 is 0. The minimum atomic E-state index is -0.327. The molecule has 2 heterocycles. The fourth-order valence-electron chi connectivity index (χ4n) is 2.91. The van der Waals surface area contributed by atoms with E-state index in [1.54, 1.807) is 0 Å². The third kappa shape index (κ3) is 3.91. The fourth-order valence-corrected chi connectivity index (χ4v) is 2.91. The van der Waals surface area contributed by atoms with Crippen molar-refractivity contribution in [3.05, 3.63) is 29.3 Å². The molecule has 0 bridgehead atoms. The van der Waals surface area contributed by atoms with E-state index in [0.29, 0.717) is 13.1 Å². The van der Waals surface area contributed by atoms with Crippen molar-refractivity contribution in [2.45, 2.75) is 37.9 Å². The Morgan fingerprint density at radius 3 is 3.00 bits per heavy atom. The highest BCUT2D eigenvalue weighted by atomic mass is 35.5. The van der Waals surface area contributed by atoms with E-state index in [-0.39, 0.29) is 30.5 Å². The van der Waals surface area contributed by atoms with Gasteiger partial charge in [-0.05, 0) is 36.5 Å². The monoisotopic (exact) mass is 326 g/mol. The predicted molar refractivity (Wildman–Crippen MR) is 86.6 cm³/mol. The van der Waals surface area contributed by atoms with E-state index >= 15 is 0 Å². The van der Waals surface area contributed by atoms with E-state index in [1.807, 2.05) is 6.07 Å². The average Bonchev–Trinajstić information content (AvgIpc) is 3.15. The highest BCUT2D eigenvalue weighted by molar-refractivity contribution is 5.85. The quantitative estimate of drug-likeness (QED) is 0.853. The Kier molecular flexibility index (Phi) is 6.06. The molecule has 1 aromatic rings. The first kappa shape index (κ1) is 17.1.